The molecule has 0 aliphatic carbocycles. The third-order valence-electron chi connectivity index (χ3n) is 2.53. The lowest BCUT2D eigenvalue weighted by Crippen LogP contribution is -2.05. The number of hydrogen-bond donors (Lipinski definition) is 1. The molecule has 1 aromatic rings. The number of hydrogen-bond acceptors (Lipinski definition) is 2. The number of carbonyl (C=O) groups excluding carboxylic acids is 1. The van der Waals surface area contributed by atoms with Crippen molar-refractivity contribution in [2.45, 2.75) is 25.7 Å². The maximum absolute atomic E-state index is 10.4. The van der Waals surface area contributed by atoms with E-state index in [0.717, 1.165) is 31.4 Å². The minimum Gasteiger partial charge on any atom is -0.497 e. The second kappa shape index (κ2) is 7.49. The zero-order chi connectivity index (χ0) is 12.5. The van der Waals surface area contributed by atoms with E-state index in [0.29, 0.717) is 0 Å². The maximum atomic E-state index is 10.4. The molecule has 3 heteroatoms. The van der Waals surface area contributed by atoms with Crippen molar-refractivity contribution in [3.63, 3.8) is 0 Å². The van der Waals surface area contributed by atoms with Gasteiger partial charge < -0.3 is 10.5 Å². The van der Waals surface area contributed by atoms with E-state index in [1.807, 2.05) is 18.2 Å². The third-order valence-corrected chi connectivity index (χ3v) is 2.53. The van der Waals surface area contributed by atoms with Crippen molar-refractivity contribution in [1.82, 2.24) is 0 Å². The standard InChI is InChI=1S/C14H19NO2/c1-17-13-10-8-12(9-11-13)6-4-2-3-5-7-14(15)16/h5,7-11H,2-4,6H2,1H3,(H2,15,16). The van der Waals surface area contributed by atoms with E-state index in [1.54, 1.807) is 7.11 Å². The Labute approximate surface area is 102 Å². The zero-order valence-electron chi connectivity index (χ0n) is 10.2. The SMILES string of the molecule is COc1ccc(CCCCC=CC(N)=O)cc1. The summed E-state index contributed by atoms with van der Waals surface area (Å²) in [4.78, 5) is 10.4. The average molecular weight is 233 g/mol. The molecule has 0 unspecified atom stereocenters. The van der Waals surface area contributed by atoms with Gasteiger partial charge in [0.05, 0.1) is 7.11 Å². The molecule has 0 aliphatic heterocycles. The Bertz CT molecular complexity index is 368. The fraction of sp³-hybridized carbons (Fsp3) is 0.357. The van der Waals surface area contributed by atoms with Crippen LogP contribution in [0.5, 0.6) is 5.75 Å². The second-order valence-corrected chi connectivity index (χ2v) is 3.90. The molecule has 1 aromatic carbocycles. The van der Waals surface area contributed by atoms with Gasteiger partial charge in [0.1, 0.15) is 5.75 Å². The Hall–Kier alpha value is -1.77. The summed E-state index contributed by atoms with van der Waals surface area (Å²) >= 11 is 0. The highest BCUT2D eigenvalue weighted by Gasteiger charge is 1.94. The highest BCUT2D eigenvalue weighted by Crippen LogP contribution is 2.13. The lowest BCUT2D eigenvalue weighted by Gasteiger charge is -2.02. The van der Waals surface area contributed by atoms with E-state index < -0.39 is 0 Å². The highest BCUT2D eigenvalue weighted by molar-refractivity contribution is 5.85. The molecule has 1 rings (SSSR count). The summed E-state index contributed by atoms with van der Waals surface area (Å²) in [5.74, 6) is 0.512. The summed E-state index contributed by atoms with van der Waals surface area (Å²) in [5.41, 5.74) is 6.30. The molecule has 1 amide bonds. The fourth-order valence-corrected chi connectivity index (χ4v) is 1.58. The molecular weight excluding hydrogens is 214 g/mol. The fourth-order valence-electron chi connectivity index (χ4n) is 1.58. The molecule has 0 radical (unpaired) electrons. The Morgan fingerprint density at radius 3 is 2.59 bits per heavy atom. The van der Waals surface area contributed by atoms with Gasteiger partial charge in [-0.25, -0.2) is 0 Å². The first-order valence-corrected chi connectivity index (χ1v) is 5.81. The number of primary amides is 1. The molecule has 0 saturated heterocycles. The van der Waals surface area contributed by atoms with Crippen LogP contribution in [-0.2, 0) is 11.2 Å². The van der Waals surface area contributed by atoms with Crippen LogP contribution < -0.4 is 10.5 Å². The first-order chi connectivity index (χ1) is 8.22. The normalized spacial score (nSPS) is 10.6. The molecule has 0 heterocycles. The summed E-state index contributed by atoms with van der Waals surface area (Å²) < 4.78 is 5.10. The highest BCUT2D eigenvalue weighted by atomic mass is 16.5. The summed E-state index contributed by atoms with van der Waals surface area (Å²) in [6, 6.07) is 8.11. The molecule has 0 fully saturated rings. The first-order valence-electron chi connectivity index (χ1n) is 5.81. The predicted octanol–water partition coefficient (Wildman–Crippen LogP) is 2.45. The van der Waals surface area contributed by atoms with Gasteiger partial charge in [-0.3, -0.25) is 4.79 Å². The number of rotatable bonds is 7. The summed E-state index contributed by atoms with van der Waals surface area (Å²) in [5, 5.41) is 0. The van der Waals surface area contributed by atoms with Gasteiger partial charge in [0.2, 0.25) is 5.91 Å². The van der Waals surface area contributed by atoms with Gasteiger partial charge in [0, 0.05) is 0 Å². The van der Waals surface area contributed by atoms with Crippen molar-refractivity contribution in [2.75, 3.05) is 7.11 Å². The lowest BCUT2D eigenvalue weighted by molar-refractivity contribution is -0.113. The van der Waals surface area contributed by atoms with Crippen molar-refractivity contribution < 1.29 is 9.53 Å². The number of benzene rings is 1. The van der Waals surface area contributed by atoms with Crippen LogP contribution in [0.1, 0.15) is 24.8 Å². The molecule has 0 saturated carbocycles. The zero-order valence-corrected chi connectivity index (χ0v) is 10.2. The topological polar surface area (TPSA) is 52.3 Å². The summed E-state index contributed by atoms with van der Waals surface area (Å²) in [7, 11) is 1.67. The maximum Gasteiger partial charge on any atom is 0.241 e. The van der Waals surface area contributed by atoms with Crippen molar-refractivity contribution in [1.29, 1.82) is 0 Å². The number of ether oxygens (including phenoxy) is 1. The molecule has 17 heavy (non-hydrogen) atoms. The minimum absolute atomic E-state index is 0.375. The van der Waals surface area contributed by atoms with Crippen LogP contribution in [0, 0.1) is 0 Å². The molecule has 2 N–H and O–H groups in total. The van der Waals surface area contributed by atoms with Gasteiger partial charge >= 0.3 is 0 Å². The molecule has 0 atom stereocenters. The van der Waals surface area contributed by atoms with Crippen molar-refractivity contribution >= 4 is 5.91 Å². The Kier molecular flexibility index (Phi) is 5.86. The number of methoxy groups -OCH3 is 1. The van der Waals surface area contributed by atoms with Gasteiger partial charge in [-0.15, -0.1) is 0 Å². The number of carbonyl (C=O) groups is 1. The van der Waals surface area contributed by atoms with Crippen molar-refractivity contribution in [3.05, 3.63) is 42.0 Å². The summed E-state index contributed by atoms with van der Waals surface area (Å²) in [6.45, 7) is 0. The molecule has 0 aromatic heterocycles. The molecule has 92 valence electrons. The van der Waals surface area contributed by atoms with Crippen LogP contribution in [0.25, 0.3) is 0 Å². The largest absolute Gasteiger partial charge is 0.497 e. The Morgan fingerprint density at radius 2 is 2.00 bits per heavy atom. The van der Waals surface area contributed by atoms with E-state index in [-0.39, 0.29) is 5.91 Å². The van der Waals surface area contributed by atoms with Gasteiger partial charge in [-0.05, 0) is 49.5 Å². The quantitative estimate of drug-likeness (QED) is 0.581. The van der Waals surface area contributed by atoms with Crippen LogP contribution in [-0.4, -0.2) is 13.0 Å². The van der Waals surface area contributed by atoms with E-state index in [1.165, 1.54) is 11.6 Å². The average Bonchev–Trinajstić information content (AvgIpc) is 2.34. The van der Waals surface area contributed by atoms with E-state index in [2.05, 4.69) is 12.1 Å². The molecule has 0 aliphatic rings. The number of amides is 1. The minimum atomic E-state index is -0.375. The van der Waals surface area contributed by atoms with Crippen molar-refractivity contribution in [2.24, 2.45) is 5.73 Å². The number of unbranched alkanes of at least 4 members (excludes halogenated alkanes) is 2. The van der Waals surface area contributed by atoms with E-state index in [9.17, 15) is 4.79 Å². The smallest absolute Gasteiger partial charge is 0.241 e. The lowest BCUT2D eigenvalue weighted by atomic mass is 10.1. The molecule has 3 nitrogen and oxygen atoms in total. The predicted molar refractivity (Wildman–Crippen MR) is 68.9 cm³/mol. The van der Waals surface area contributed by atoms with Crippen LogP contribution >= 0.6 is 0 Å². The third kappa shape index (κ3) is 5.76. The summed E-state index contributed by atoms with van der Waals surface area (Å²) in [6.07, 6.45) is 7.38. The van der Waals surface area contributed by atoms with Gasteiger partial charge in [-0.1, -0.05) is 18.2 Å². The molecular formula is C14H19NO2. The molecule has 0 bridgehead atoms. The number of nitrogens with two attached hydrogens (primary N) is 1. The van der Waals surface area contributed by atoms with E-state index in [4.69, 9.17) is 10.5 Å². The number of allylic oxidation sites excluding steroid dienone is 1. The van der Waals surface area contributed by atoms with E-state index >= 15 is 0 Å². The Balaban J connectivity index is 2.19. The van der Waals surface area contributed by atoms with Crippen LogP contribution in [0.2, 0.25) is 0 Å². The van der Waals surface area contributed by atoms with Gasteiger partial charge in [0.15, 0.2) is 0 Å². The van der Waals surface area contributed by atoms with Crippen LogP contribution in [0.4, 0.5) is 0 Å². The van der Waals surface area contributed by atoms with Gasteiger partial charge in [0.25, 0.3) is 0 Å². The first kappa shape index (κ1) is 13.3. The second-order valence-electron chi connectivity index (χ2n) is 3.90. The Morgan fingerprint density at radius 1 is 1.29 bits per heavy atom. The molecule has 0 spiro atoms. The van der Waals surface area contributed by atoms with Crippen molar-refractivity contribution in [3.8, 4) is 5.75 Å². The van der Waals surface area contributed by atoms with Crippen LogP contribution in [0.15, 0.2) is 36.4 Å². The number of aryl methyl sites for hydroxylation is 1. The van der Waals surface area contributed by atoms with Crippen LogP contribution in [0.3, 0.4) is 0 Å². The monoisotopic (exact) mass is 233 g/mol. The van der Waals surface area contributed by atoms with Gasteiger partial charge in [-0.2, -0.15) is 0 Å².